The van der Waals surface area contributed by atoms with Gasteiger partial charge in [-0.05, 0) is 26.3 Å². The van der Waals surface area contributed by atoms with Gasteiger partial charge in [0.15, 0.2) is 0 Å². The molecule has 1 rings (SSSR count). The zero-order valence-electron chi connectivity index (χ0n) is 10.6. The fourth-order valence-corrected chi connectivity index (χ4v) is 2.77. The van der Waals surface area contributed by atoms with E-state index in [9.17, 15) is 8.42 Å². The largest absolute Gasteiger partial charge is 0.278 e. The summed E-state index contributed by atoms with van der Waals surface area (Å²) in [6.07, 6.45) is 0. The Morgan fingerprint density at radius 3 is 2.22 bits per heavy atom. The van der Waals surface area contributed by atoms with Crippen molar-refractivity contribution in [2.75, 3.05) is 0 Å². The molecule has 98 valence electrons. The van der Waals surface area contributed by atoms with E-state index in [1.54, 1.807) is 51.1 Å². The first kappa shape index (κ1) is 14.6. The molecule has 1 aromatic rings. The van der Waals surface area contributed by atoms with Crippen molar-refractivity contribution in [1.82, 2.24) is 9.44 Å². The maximum absolute atomic E-state index is 11.8. The second kappa shape index (κ2) is 5.48. The zero-order valence-corrected chi connectivity index (χ0v) is 11.5. The molecule has 6 heteroatoms. The molecule has 5 nitrogen and oxygen atoms in total. The number of hydrogen-bond donors (Lipinski definition) is 2. The predicted molar refractivity (Wildman–Crippen MR) is 69.7 cm³/mol. The summed E-state index contributed by atoms with van der Waals surface area (Å²) >= 11 is 0. The number of nitrogens with zero attached hydrogens (tertiary/aromatic N) is 1. The molecule has 0 amide bonds. The van der Waals surface area contributed by atoms with Crippen LogP contribution in [0.3, 0.4) is 0 Å². The van der Waals surface area contributed by atoms with Crippen molar-refractivity contribution in [3.05, 3.63) is 35.9 Å². The van der Waals surface area contributed by atoms with Crippen molar-refractivity contribution in [2.45, 2.75) is 32.4 Å². The van der Waals surface area contributed by atoms with Gasteiger partial charge < -0.3 is 0 Å². The standard InChI is InChI=1S/C12H17N3O2S/c1-12(2,3)15-18(16,17)14-11(9-13)10-7-5-4-6-8-10/h4-8,11,14-15H,1-3H3. The molecule has 0 aliphatic heterocycles. The van der Waals surface area contributed by atoms with Gasteiger partial charge in [-0.3, -0.25) is 0 Å². The quantitative estimate of drug-likeness (QED) is 0.866. The van der Waals surface area contributed by atoms with Crippen LogP contribution in [0, 0.1) is 11.3 Å². The Bertz CT molecular complexity index is 527. The van der Waals surface area contributed by atoms with Gasteiger partial charge in [-0.15, -0.1) is 0 Å². The van der Waals surface area contributed by atoms with Gasteiger partial charge in [0.2, 0.25) is 0 Å². The van der Waals surface area contributed by atoms with E-state index < -0.39 is 21.8 Å². The Labute approximate surface area is 108 Å². The van der Waals surface area contributed by atoms with E-state index in [4.69, 9.17) is 5.26 Å². The summed E-state index contributed by atoms with van der Waals surface area (Å²) in [5.41, 5.74) is 0.0157. The molecule has 0 saturated carbocycles. The Hall–Kier alpha value is -1.42. The van der Waals surface area contributed by atoms with Crippen molar-refractivity contribution >= 4 is 10.2 Å². The average Bonchev–Trinajstić information content (AvgIpc) is 2.24. The summed E-state index contributed by atoms with van der Waals surface area (Å²) in [6, 6.07) is 9.75. The van der Waals surface area contributed by atoms with E-state index >= 15 is 0 Å². The topological polar surface area (TPSA) is 82.0 Å². The molecule has 2 N–H and O–H groups in total. The Kier molecular flexibility index (Phi) is 4.46. The van der Waals surface area contributed by atoms with Crippen molar-refractivity contribution in [3.8, 4) is 6.07 Å². The molecular formula is C12H17N3O2S. The van der Waals surface area contributed by atoms with E-state index in [-0.39, 0.29) is 0 Å². The van der Waals surface area contributed by atoms with Crippen LogP contribution in [0.4, 0.5) is 0 Å². The van der Waals surface area contributed by atoms with E-state index in [0.717, 1.165) is 0 Å². The third-order valence-corrected chi connectivity index (χ3v) is 3.40. The van der Waals surface area contributed by atoms with Crippen LogP contribution in [0.2, 0.25) is 0 Å². The van der Waals surface area contributed by atoms with Gasteiger partial charge in [-0.2, -0.15) is 23.1 Å². The van der Waals surface area contributed by atoms with Gasteiger partial charge >= 0.3 is 0 Å². The van der Waals surface area contributed by atoms with Crippen LogP contribution in [-0.2, 0) is 10.2 Å². The Balaban J connectivity index is 2.86. The second-order valence-electron chi connectivity index (χ2n) is 4.95. The fourth-order valence-electron chi connectivity index (χ4n) is 1.40. The van der Waals surface area contributed by atoms with Crippen LogP contribution in [0.25, 0.3) is 0 Å². The molecule has 0 radical (unpaired) electrons. The molecule has 0 aliphatic carbocycles. The van der Waals surface area contributed by atoms with Crippen LogP contribution in [-0.4, -0.2) is 14.0 Å². The molecule has 0 aliphatic rings. The van der Waals surface area contributed by atoms with Crippen LogP contribution >= 0.6 is 0 Å². The zero-order chi connectivity index (χ0) is 13.8. The summed E-state index contributed by atoms with van der Waals surface area (Å²) < 4.78 is 28.4. The highest BCUT2D eigenvalue weighted by Gasteiger charge is 2.23. The minimum atomic E-state index is -3.72. The summed E-state index contributed by atoms with van der Waals surface area (Å²) in [4.78, 5) is 0. The first-order valence-corrected chi connectivity index (χ1v) is 6.98. The summed E-state index contributed by atoms with van der Waals surface area (Å²) in [7, 11) is -3.72. The minimum absolute atomic E-state index is 0.595. The van der Waals surface area contributed by atoms with Crippen LogP contribution in [0.5, 0.6) is 0 Å². The Morgan fingerprint density at radius 2 is 1.78 bits per heavy atom. The second-order valence-corrected chi connectivity index (χ2v) is 6.39. The number of hydrogen-bond acceptors (Lipinski definition) is 3. The van der Waals surface area contributed by atoms with Crippen molar-refractivity contribution in [1.29, 1.82) is 5.26 Å². The predicted octanol–water partition coefficient (Wildman–Crippen LogP) is 1.47. The maximum atomic E-state index is 11.8. The van der Waals surface area contributed by atoms with Gasteiger partial charge in [0, 0.05) is 5.54 Å². The molecule has 1 atom stereocenters. The SMILES string of the molecule is CC(C)(C)NS(=O)(=O)NC(C#N)c1ccccc1. The summed E-state index contributed by atoms with van der Waals surface area (Å²) in [5.74, 6) is 0. The van der Waals surface area contributed by atoms with E-state index in [2.05, 4.69) is 9.44 Å². The molecule has 0 bridgehead atoms. The molecule has 0 fully saturated rings. The number of nitriles is 1. The van der Waals surface area contributed by atoms with Gasteiger partial charge in [0.25, 0.3) is 10.2 Å². The normalized spacial score (nSPS) is 13.9. The molecule has 1 unspecified atom stereocenters. The van der Waals surface area contributed by atoms with Gasteiger partial charge in [-0.1, -0.05) is 30.3 Å². The lowest BCUT2D eigenvalue weighted by atomic mass is 10.1. The fraction of sp³-hybridized carbons (Fsp3) is 0.417. The lowest BCUT2D eigenvalue weighted by Gasteiger charge is -2.22. The smallest absolute Gasteiger partial charge is 0.197 e. The lowest BCUT2D eigenvalue weighted by Crippen LogP contribution is -2.47. The van der Waals surface area contributed by atoms with E-state index in [1.807, 2.05) is 6.07 Å². The van der Waals surface area contributed by atoms with E-state index in [1.165, 1.54) is 0 Å². The third-order valence-electron chi connectivity index (χ3n) is 1.98. The number of benzene rings is 1. The molecule has 0 heterocycles. The van der Waals surface area contributed by atoms with Crippen molar-refractivity contribution < 1.29 is 8.42 Å². The van der Waals surface area contributed by atoms with Crippen LogP contribution < -0.4 is 9.44 Å². The number of nitrogens with one attached hydrogen (secondary N) is 2. The highest BCUT2D eigenvalue weighted by atomic mass is 32.2. The van der Waals surface area contributed by atoms with Crippen LogP contribution in [0.15, 0.2) is 30.3 Å². The van der Waals surface area contributed by atoms with Crippen molar-refractivity contribution in [2.24, 2.45) is 0 Å². The molecule has 18 heavy (non-hydrogen) atoms. The molecule has 1 aromatic carbocycles. The van der Waals surface area contributed by atoms with Gasteiger partial charge in [0.05, 0.1) is 6.07 Å². The monoisotopic (exact) mass is 267 g/mol. The highest BCUT2D eigenvalue weighted by Crippen LogP contribution is 2.12. The first-order valence-electron chi connectivity index (χ1n) is 5.49. The molecular weight excluding hydrogens is 250 g/mol. The molecule has 0 aromatic heterocycles. The lowest BCUT2D eigenvalue weighted by molar-refractivity contribution is 0.481. The molecule has 0 saturated heterocycles. The van der Waals surface area contributed by atoms with Gasteiger partial charge in [0.1, 0.15) is 6.04 Å². The summed E-state index contributed by atoms with van der Waals surface area (Å²) in [6.45, 7) is 5.20. The Morgan fingerprint density at radius 1 is 1.22 bits per heavy atom. The van der Waals surface area contributed by atoms with Crippen LogP contribution in [0.1, 0.15) is 32.4 Å². The third kappa shape index (κ3) is 4.84. The average molecular weight is 267 g/mol. The van der Waals surface area contributed by atoms with Crippen molar-refractivity contribution in [3.63, 3.8) is 0 Å². The van der Waals surface area contributed by atoms with E-state index in [0.29, 0.717) is 5.56 Å². The molecule has 0 spiro atoms. The first-order chi connectivity index (χ1) is 8.23. The maximum Gasteiger partial charge on any atom is 0.278 e. The minimum Gasteiger partial charge on any atom is -0.197 e. The van der Waals surface area contributed by atoms with Gasteiger partial charge in [-0.25, -0.2) is 0 Å². The number of rotatable bonds is 4. The summed E-state index contributed by atoms with van der Waals surface area (Å²) in [5, 5.41) is 9.04. The highest BCUT2D eigenvalue weighted by molar-refractivity contribution is 7.87.